The number of halogens is 1. The molecule has 2 aliphatic heterocycles. The van der Waals surface area contributed by atoms with Gasteiger partial charge in [-0.3, -0.25) is 19.0 Å². The number of allylic oxidation sites excluding steroid dienone is 1. The molecule has 3 aromatic carbocycles. The average molecular weight is 628 g/mol. The van der Waals surface area contributed by atoms with E-state index in [0.717, 1.165) is 11.3 Å². The fourth-order valence-electron chi connectivity index (χ4n) is 5.61. The van der Waals surface area contributed by atoms with E-state index in [2.05, 4.69) is 4.99 Å². The smallest absolute Gasteiger partial charge is 0.338 e. The van der Waals surface area contributed by atoms with Crippen molar-refractivity contribution in [1.29, 1.82) is 0 Å². The van der Waals surface area contributed by atoms with Crippen LogP contribution in [0.4, 0.5) is 10.1 Å². The number of hydrogen-bond donors (Lipinski definition) is 0. The largest absolute Gasteiger partial charge is 0.493 e. The maximum absolute atomic E-state index is 14.6. The van der Waals surface area contributed by atoms with E-state index in [9.17, 15) is 23.6 Å². The van der Waals surface area contributed by atoms with Crippen molar-refractivity contribution in [1.82, 2.24) is 4.57 Å². The zero-order chi connectivity index (χ0) is 32.0. The van der Waals surface area contributed by atoms with Crippen molar-refractivity contribution in [3.63, 3.8) is 0 Å². The molecule has 0 fully saturated rings. The molecule has 3 heterocycles. The predicted octanol–water partition coefficient (Wildman–Crippen LogP) is 3.40. The summed E-state index contributed by atoms with van der Waals surface area (Å²) in [6.07, 6.45) is 0. The Hall–Kier alpha value is -5.36. The Labute approximate surface area is 259 Å². The van der Waals surface area contributed by atoms with Gasteiger partial charge in [-0.2, -0.15) is 0 Å². The Morgan fingerprint density at radius 3 is 2.44 bits per heavy atom. The minimum Gasteiger partial charge on any atom is -0.493 e. The third-order valence-corrected chi connectivity index (χ3v) is 8.65. The summed E-state index contributed by atoms with van der Waals surface area (Å²) in [5, 5.41) is 0. The molecule has 10 nitrogen and oxygen atoms in total. The van der Waals surface area contributed by atoms with Gasteiger partial charge in [0, 0.05) is 18.1 Å². The first-order valence-corrected chi connectivity index (χ1v) is 14.6. The number of thiazole rings is 1. The highest BCUT2D eigenvalue weighted by molar-refractivity contribution is 7.07. The molecule has 0 bridgehead atoms. The molecule has 1 unspecified atom stereocenters. The van der Waals surface area contributed by atoms with Crippen LogP contribution >= 0.6 is 11.3 Å². The second kappa shape index (κ2) is 11.6. The van der Waals surface area contributed by atoms with E-state index in [4.69, 9.17) is 14.2 Å². The number of anilines is 1. The van der Waals surface area contributed by atoms with E-state index < -0.39 is 35.3 Å². The first-order chi connectivity index (χ1) is 21.6. The topological polar surface area (TPSA) is 117 Å². The number of amides is 1. The van der Waals surface area contributed by atoms with E-state index >= 15 is 0 Å². The third-order valence-electron chi connectivity index (χ3n) is 7.60. The van der Waals surface area contributed by atoms with E-state index in [1.807, 2.05) is 0 Å². The highest BCUT2D eigenvalue weighted by Gasteiger charge is 2.37. The molecule has 1 aromatic heterocycles. The molecular weight excluding hydrogens is 601 g/mol. The zero-order valence-corrected chi connectivity index (χ0v) is 25.4. The van der Waals surface area contributed by atoms with Crippen LogP contribution in [0.2, 0.25) is 0 Å². The van der Waals surface area contributed by atoms with Gasteiger partial charge in [0.05, 0.1) is 49.3 Å². The monoisotopic (exact) mass is 627 g/mol. The lowest BCUT2D eigenvalue weighted by Crippen LogP contribution is -2.40. The van der Waals surface area contributed by atoms with Crippen LogP contribution in [-0.2, 0) is 25.7 Å². The predicted molar refractivity (Wildman–Crippen MR) is 163 cm³/mol. The molecule has 0 saturated heterocycles. The Morgan fingerprint density at radius 2 is 1.73 bits per heavy atom. The molecule has 6 rings (SSSR count). The van der Waals surface area contributed by atoms with Crippen molar-refractivity contribution < 1.29 is 33.0 Å². The highest BCUT2D eigenvalue weighted by atomic mass is 32.1. The molecule has 0 saturated carbocycles. The second-order valence-corrected chi connectivity index (χ2v) is 11.3. The molecule has 0 N–H and O–H groups in total. The first-order valence-electron chi connectivity index (χ1n) is 13.8. The number of rotatable bonds is 6. The number of para-hydroxylation sites is 1. The summed E-state index contributed by atoms with van der Waals surface area (Å²) in [5.74, 6) is -1.79. The second-order valence-electron chi connectivity index (χ2n) is 10.3. The van der Waals surface area contributed by atoms with E-state index in [1.54, 1.807) is 61.5 Å². The number of benzene rings is 3. The molecule has 2 aliphatic rings. The lowest BCUT2D eigenvalue weighted by molar-refractivity contribution is -0.136. The first kappa shape index (κ1) is 29.7. The van der Waals surface area contributed by atoms with Crippen LogP contribution in [0.1, 0.15) is 36.6 Å². The lowest BCUT2D eigenvalue weighted by atomic mass is 9.95. The van der Waals surface area contributed by atoms with Gasteiger partial charge in [-0.1, -0.05) is 53.8 Å². The van der Waals surface area contributed by atoms with Crippen LogP contribution in [0.3, 0.4) is 0 Å². The van der Waals surface area contributed by atoms with Crippen LogP contribution in [0.25, 0.3) is 5.57 Å². The molecule has 45 heavy (non-hydrogen) atoms. The van der Waals surface area contributed by atoms with Crippen LogP contribution in [0.15, 0.2) is 87.8 Å². The molecule has 0 spiro atoms. The maximum Gasteiger partial charge on any atom is 0.338 e. The van der Waals surface area contributed by atoms with Gasteiger partial charge in [-0.25, -0.2) is 14.2 Å². The maximum atomic E-state index is 14.6. The Morgan fingerprint density at radius 1 is 1.00 bits per heavy atom. The molecule has 4 aromatic rings. The van der Waals surface area contributed by atoms with E-state index in [0.29, 0.717) is 28.1 Å². The Bertz CT molecular complexity index is 2130. The van der Waals surface area contributed by atoms with Crippen molar-refractivity contribution in [2.24, 2.45) is 4.99 Å². The summed E-state index contributed by atoms with van der Waals surface area (Å²) in [4.78, 5) is 59.5. The summed E-state index contributed by atoms with van der Waals surface area (Å²) < 4.78 is 31.9. The molecule has 12 heteroatoms. The minimum atomic E-state index is -1.01. The van der Waals surface area contributed by atoms with E-state index in [1.165, 1.54) is 42.7 Å². The van der Waals surface area contributed by atoms with Gasteiger partial charge in [-0.15, -0.1) is 0 Å². The number of aromatic nitrogens is 1. The number of carbonyl (C=O) groups is 3. The number of esters is 2. The third kappa shape index (κ3) is 5.02. The molecule has 0 radical (unpaired) electrons. The van der Waals surface area contributed by atoms with Crippen LogP contribution < -0.4 is 29.3 Å². The van der Waals surface area contributed by atoms with Crippen LogP contribution in [0.5, 0.6) is 11.5 Å². The Kier molecular flexibility index (Phi) is 7.67. The van der Waals surface area contributed by atoms with Gasteiger partial charge in [0.15, 0.2) is 16.3 Å². The van der Waals surface area contributed by atoms with Gasteiger partial charge < -0.3 is 19.1 Å². The van der Waals surface area contributed by atoms with Crippen LogP contribution in [-0.4, -0.2) is 36.6 Å². The lowest BCUT2D eigenvalue weighted by Gasteiger charge is -2.25. The van der Waals surface area contributed by atoms with Crippen molar-refractivity contribution >= 4 is 40.4 Å². The molecule has 1 amide bonds. The highest BCUT2D eigenvalue weighted by Crippen LogP contribution is 2.38. The number of carbonyl (C=O) groups excluding carboxylic acids is 3. The van der Waals surface area contributed by atoms with Gasteiger partial charge in [-0.05, 0) is 36.8 Å². The number of fused-ring (bicyclic) bond motifs is 2. The fourth-order valence-corrected chi connectivity index (χ4v) is 6.74. The fraction of sp³-hybridized carbons (Fsp3) is 0.182. The quantitative estimate of drug-likeness (QED) is 0.238. The van der Waals surface area contributed by atoms with E-state index in [-0.39, 0.29) is 38.5 Å². The summed E-state index contributed by atoms with van der Waals surface area (Å²) in [5.41, 5.74) is 1.90. The van der Waals surface area contributed by atoms with Gasteiger partial charge in [0.2, 0.25) is 0 Å². The number of nitrogens with zero attached hydrogens (tertiary/aromatic N) is 3. The van der Waals surface area contributed by atoms with Crippen molar-refractivity contribution in [3.8, 4) is 11.5 Å². The van der Waals surface area contributed by atoms with Crippen molar-refractivity contribution in [2.45, 2.75) is 26.4 Å². The summed E-state index contributed by atoms with van der Waals surface area (Å²) in [6.45, 7) is 2.86. The van der Waals surface area contributed by atoms with Crippen molar-refractivity contribution in [3.05, 3.63) is 120 Å². The molecule has 1 atom stereocenters. The van der Waals surface area contributed by atoms with Crippen LogP contribution in [0, 0.1) is 5.82 Å². The van der Waals surface area contributed by atoms with Crippen molar-refractivity contribution in [2.75, 3.05) is 19.1 Å². The number of hydrogen-bond acceptors (Lipinski definition) is 9. The molecular formula is C33H26FN3O7S. The normalized spacial score (nSPS) is 16.6. The standard InChI is InChI=1S/C33H26FN3O7S/c1-17-26(32(41)43-4)28(19-13-14-24(44-18(2)38)25(15-19)42-3)37-31(40)29(45-33(37)35-17)27-21-10-6-8-12-23(21)36(30(27)39)16-20-9-5-7-11-22(20)34/h5-15,28H,16H2,1-4H3. The number of ether oxygens (including phenoxy) is 3. The average Bonchev–Trinajstić information content (AvgIpc) is 3.49. The summed E-state index contributed by atoms with van der Waals surface area (Å²) in [7, 11) is 2.63. The summed E-state index contributed by atoms with van der Waals surface area (Å²) in [6, 6.07) is 16.9. The van der Waals surface area contributed by atoms with Gasteiger partial charge >= 0.3 is 11.9 Å². The van der Waals surface area contributed by atoms with Gasteiger partial charge in [0.25, 0.3) is 11.5 Å². The summed E-state index contributed by atoms with van der Waals surface area (Å²) >= 11 is 1.02. The minimum absolute atomic E-state index is 0.0347. The molecule has 0 aliphatic carbocycles. The molecule has 228 valence electrons. The number of methoxy groups -OCH3 is 2. The Balaban J connectivity index is 1.57. The SMILES string of the molecule is COC(=O)C1=C(C)N=c2sc(=C3C(=O)N(Cc4ccccc4F)c4ccccc43)c(=O)n2C1c1ccc(OC(C)=O)c(OC)c1. The van der Waals surface area contributed by atoms with Gasteiger partial charge in [0.1, 0.15) is 10.3 Å². The zero-order valence-electron chi connectivity index (χ0n) is 24.6.